The zero-order valence-corrected chi connectivity index (χ0v) is 10.9. The van der Waals surface area contributed by atoms with Gasteiger partial charge >= 0.3 is 0 Å². The first-order valence-corrected chi connectivity index (χ1v) is 6.23. The van der Waals surface area contributed by atoms with E-state index in [-0.39, 0.29) is 0 Å². The van der Waals surface area contributed by atoms with Gasteiger partial charge < -0.3 is 4.74 Å². The zero-order valence-electron chi connectivity index (χ0n) is 7.82. The molecule has 0 bridgehead atoms. The summed E-state index contributed by atoms with van der Waals surface area (Å²) in [5, 5.41) is 1.89. The molecule has 0 amide bonds. The molecule has 4 heteroatoms. The Bertz CT molecular complexity index is 315. The fraction of sp³-hybridized carbons (Fsp3) is 0.400. The monoisotopic (exact) mass is 296 g/mol. The summed E-state index contributed by atoms with van der Waals surface area (Å²) in [6.45, 7) is 2.72. The molecule has 0 unspecified atom stereocenters. The van der Waals surface area contributed by atoms with Gasteiger partial charge in [0.05, 0.1) is 11.6 Å². The maximum atomic E-state index is 6.02. The molecule has 0 spiro atoms. The Morgan fingerprint density at radius 1 is 1.36 bits per heavy atom. The lowest BCUT2D eigenvalue weighted by atomic mass is 10.2. The summed E-state index contributed by atoms with van der Waals surface area (Å²) in [6.07, 6.45) is 0.959. The molecule has 0 aliphatic carbocycles. The van der Waals surface area contributed by atoms with Crippen molar-refractivity contribution in [1.82, 2.24) is 0 Å². The fourth-order valence-electron chi connectivity index (χ4n) is 1.08. The van der Waals surface area contributed by atoms with Crippen LogP contribution in [-0.2, 0) is 5.33 Å². The molecule has 1 rings (SSSR count). The fourth-order valence-corrected chi connectivity index (χ4v) is 2.09. The number of rotatable bonds is 4. The van der Waals surface area contributed by atoms with Crippen LogP contribution in [-0.4, -0.2) is 6.61 Å². The number of benzene rings is 1. The third-order valence-corrected chi connectivity index (χ3v) is 2.78. The maximum Gasteiger partial charge on any atom is 0.142 e. The van der Waals surface area contributed by atoms with E-state index in [2.05, 4.69) is 22.9 Å². The number of halogens is 3. The molecule has 0 aliphatic rings. The van der Waals surface area contributed by atoms with Crippen molar-refractivity contribution >= 4 is 39.1 Å². The molecule has 0 atom stereocenters. The van der Waals surface area contributed by atoms with Crippen molar-refractivity contribution < 1.29 is 4.74 Å². The highest BCUT2D eigenvalue weighted by molar-refractivity contribution is 9.08. The average Bonchev–Trinajstić information content (AvgIpc) is 2.15. The Labute approximate surface area is 102 Å². The third-order valence-electron chi connectivity index (χ3n) is 1.68. The van der Waals surface area contributed by atoms with Crippen molar-refractivity contribution in [2.45, 2.75) is 18.7 Å². The first-order valence-electron chi connectivity index (χ1n) is 4.35. The predicted octanol–water partition coefficient (Wildman–Crippen LogP) is 4.68. The highest BCUT2D eigenvalue weighted by Crippen LogP contribution is 2.33. The molecule has 0 radical (unpaired) electrons. The van der Waals surface area contributed by atoms with Gasteiger partial charge in [0.25, 0.3) is 0 Å². The number of hydrogen-bond acceptors (Lipinski definition) is 1. The molecule has 0 saturated heterocycles. The lowest BCUT2D eigenvalue weighted by Crippen LogP contribution is -1.98. The Hall–Kier alpha value is 0.0800. The van der Waals surface area contributed by atoms with Crippen molar-refractivity contribution in [2.75, 3.05) is 6.61 Å². The average molecular weight is 298 g/mol. The minimum absolute atomic E-state index is 0.570. The van der Waals surface area contributed by atoms with Crippen molar-refractivity contribution in [1.29, 1.82) is 0 Å². The van der Waals surface area contributed by atoms with Gasteiger partial charge in [0, 0.05) is 15.9 Å². The van der Waals surface area contributed by atoms with Crippen LogP contribution in [0.4, 0.5) is 0 Å². The van der Waals surface area contributed by atoms with Gasteiger partial charge in [-0.3, -0.25) is 0 Å². The van der Waals surface area contributed by atoms with Gasteiger partial charge in [-0.2, -0.15) is 0 Å². The summed E-state index contributed by atoms with van der Waals surface area (Å²) in [4.78, 5) is 0. The zero-order chi connectivity index (χ0) is 10.6. The van der Waals surface area contributed by atoms with Gasteiger partial charge in [-0.05, 0) is 18.6 Å². The second-order valence-corrected chi connectivity index (χ2v) is 4.26. The Balaban J connectivity index is 2.99. The normalized spacial score (nSPS) is 10.3. The molecule has 0 heterocycles. The third kappa shape index (κ3) is 3.04. The predicted molar refractivity (Wildman–Crippen MR) is 64.9 cm³/mol. The van der Waals surface area contributed by atoms with Gasteiger partial charge in [0.2, 0.25) is 0 Å². The quantitative estimate of drug-likeness (QED) is 0.733. The van der Waals surface area contributed by atoms with Crippen LogP contribution in [0.3, 0.4) is 0 Å². The number of ether oxygens (including phenoxy) is 1. The molecule has 0 saturated carbocycles. The van der Waals surface area contributed by atoms with Crippen LogP contribution in [0.2, 0.25) is 10.0 Å². The SMILES string of the molecule is CCCOc1c(Cl)cc(Cl)cc1CBr. The molecule has 1 nitrogen and oxygen atoms in total. The second-order valence-electron chi connectivity index (χ2n) is 2.86. The van der Waals surface area contributed by atoms with E-state index in [1.54, 1.807) is 6.07 Å². The van der Waals surface area contributed by atoms with Crippen LogP contribution in [0.5, 0.6) is 5.75 Å². The van der Waals surface area contributed by atoms with Gasteiger partial charge in [-0.1, -0.05) is 46.1 Å². The summed E-state index contributed by atoms with van der Waals surface area (Å²) in [7, 11) is 0. The van der Waals surface area contributed by atoms with Gasteiger partial charge in [0.15, 0.2) is 0 Å². The number of hydrogen-bond donors (Lipinski definition) is 0. The lowest BCUT2D eigenvalue weighted by Gasteiger charge is -2.11. The molecule has 0 aliphatic heterocycles. The molecule has 0 aromatic heterocycles. The van der Waals surface area contributed by atoms with E-state index in [1.165, 1.54) is 0 Å². The van der Waals surface area contributed by atoms with E-state index in [0.717, 1.165) is 17.7 Å². The smallest absolute Gasteiger partial charge is 0.142 e. The molecule has 14 heavy (non-hydrogen) atoms. The summed E-state index contributed by atoms with van der Waals surface area (Å²) in [5.74, 6) is 0.731. The minimum atomic E-state index is 0.570. The van der Waals surface area contributed by atoms with E-state index in [9.17, 15) is 0 Å². The standard InChI is InChI=1S/C10H11BrCl2O/c1-2-3-14-10-7(6-11)4-8(12)5-9(10)13/h4-5H,2-3,6H2,1H3. The van der Waals surface area contributed by atoms with Crippen LogP contribution < -0.4 is 4.74 Å². The van der Waals surface area contributed by atoms with Crippen LogP contribution in [0.25, 0.3) is 0 Å². The van der Waals surface area contributed by atoms with E-state index in [0.29, 0.717) is 22.0 Å². The Morgan fingerprint density at radius 2 is 2.07 bits per heavy atom. The summed E-state index contributed by atoms with van der Waals surface area (Å²) < 4.78 is 5.54. The van der Waals surface area contributed by atoms with Crippen LogP contribution >= 0.6 is 39.1 Å². The van der Waals surface area contributed by atoms with Gasteiger partial charge in [-0.25, -0.2) is 0 Å². The molecule has 0 N–H and O–H groups in total. The van der Waals surface area contributed by atoms with E-state index in [1.807, 2.05) is 6.07 Å². The van der Waals surface area contributed by atoms with Crippen molar-refractivity contribution in [3.63, 3.8) is 0 Å². The molecular weight excluding hydrogens is 287 g/mol. The summed E-state index contributed by atoms with van der Waals surface area (Å²) >= 11 is 15.3. The molecule has 1 aromatic rings. The van der Waals surface area contributed by atoms with E-state index >= 15 is 0 Å². The first-order chi connectivity index (χ1) is 6.69. The maximum absolute atomic E-state index is 6.02. The minimum Gasteiger partial charge on any atom is -0.492 e. The van der Waals surface area contributed by atoms with E-state index in [4.69, 9.17) is 27.9 Å². The Kier molecular flexibility index (Phi) is 5.07. The highest BCUT2D eigenvalue weighted by atomic mass is 79.9. The summed E-state index contributed by atoms with van der Waals surface area (Å²) in [5.41, 5.74) is 0.982. The van der Waals surface area contributed by atoms with Crippen LogP contribution in [0.15, 0.2) is 12.1 Å². The van der Waals surface area contributed by atoms with E-state index < -0.39 is 0 Å². The van der Waals surface area contributed by atoms with Crippen LogP contribution in [0.1, 0.15) is 18.9 Å². The van der Waals surface area contributed by atoms with Crippen LogP contribution in [0, 0.1) is 0 Å². The topological polar surface area (TPSA) is 9.23 Å². The summed E-state index contributed by atoms with van der Waals surface area (Å²) in [6, 6.07) is 3.55. The largest absolute Gasteiger partial charge is 0.492 e. The van der Waals surface area contributed by atoms with Crippen molar-refractivity contribution in [2.24, 2.45) is 0 Å². The molecular formula is C10H11BrCl2O. The molecule has 78 valence electrons. The second kappa shape index (κ2) is 5.84. The van der Waals surface area contributed by atoms with Gasteiger partial charge in [0.1, 0.15) is 5.75 Å². The molecule has 0 fully saturated rings. The number of alkyl halides is 1. The van der Waals surface area contributed by atoms with Crippen molar-refractivity contribution in [3.05, 3.63) is 27.7 Å². The van der Waals surface area contributed by atoms with Gasteiger partial charge in [-0.15, -0.1) is 0 Å². The lowest BCUT2D eigenvalue weighted by molar-refractivity contribution is 0.315. The highest BCUT2D eigenvalue weighted by Gasteiger charge is 2.09. The first kappa shape index (κ1) is 12.2. The molecule has 1 aromatic carbocycles. The van der Waals surface area contributed by atoms with Crippen molar-refractivity contribution in [3.8, 4) is 5.75 Å². The Morgan fingerprint density at radius 3 is 2.64 bits per heavy atom.